The van der Waals surface area contributed by atoms with E-state index in [1.165, 1.54) is 11.2 Å². The second-order valence-electron chi connectivity index (χ2n) is 2.75. The topological polar surface area (TPSA) is 17.3 Å². The van der Waals surface area contributed by atoms with Crippen LogP contribution in [0.15, 0.2) is 24.5 Å². The molecule has 0 amide bonds. The van der Waals surface area contributed by atoms with Gasteiger partial charge in [-0.1, -0.05) is 0 Å². The minimum atomic E-state index is 1.08. The van der Waals surface area contributed by atoms with E-state index in [-0.39, 0.29) is 0 Å². The molecule has 0 unspecified atom stereocenters. The van der Waals surface area contributed by atoms with Crippen molar-refractivity contribution < 1.29 is 0 Å². The number of nitrogens with zero attached hydrogens (tertiary/aromatic N) is 2. The highest BCUT2D eigenvalue weighted by Gasteiger charge is 1.97. The molecule has 2 heteroatoms. The third kappa shape index (κ3) is 0.827. The van der Waals surface area contributed by atoms with Gasteiger partial charge in [0.2, 0.25) is 0 Å². The molecule has 2 aromatic rings. The lowest BCUT2D eigenvalue weighted by Gasteiger charge is -2.01. The van der Waals surface area contributed by atoms with Crippen LogP contribution in [0.4, 0.5) is 0 Å². The van der Waals surface area contributed by atoms with Crippen molar-refractivity contribution in [3.8, 4) is 0 Å². The van der Waals surface area contributed by atoms with Crippen LogP contribution >= 0.6 is 0 Å². The van der Waals surface area contributed by atoms with Gasteiger partial charge in [0, 0.05) is 18.1 Å². The Morgan fingerprint density at radius 2 is 2.18 bits per heavy atom. The number of hydrogen-bond acceptors (Lipinski definition) is 1. The highest BCUT2D eigenvalue weighted by molar-refractivity contribution is 5.52. The Hall–Kier alpha value is -1.31. The molecular weight excluding hydrogens is 136 g/mol. The van der Waals surface area contributed by atoms with Crippen molar-refractivity contribution in [1.82, 2.24) is 9.38 Å². The van der Waals surface area contributed by atoms with Gasteiger partial charge in [0.05, 0.1) is 11.2 Å². The Balaban J connectivity index is 2.96. The predicted octanol–water partition coefficient (Wildman–Crippen LogP) is 1.95. The fraction of sp³-hybridized carbons (Fsp3) is 0.222. The van der Waals surface area contributed by atoms with Crippen molar-refractivity contribution in [3.63, 3.8) is 0 Å². The standard InChI is InChI=1S/C9H10N2/c1-7-6-10-8(2)9-4-3-5-11(7)9/h3-6H,1-2H3. The third-order valence-electron chi connectivity index (χ3n) is 1.94. The predicted molar refractivity (Wildman–Crippen MR) is 44.7 cm³/mol. The first-order valence-corrected chi connectivity index (χ1v) is 3.68. The smallest absolute Gasteiger partial charge is 0.0666 e. The van der Waals surface area contributed by atoms with Crippen molar-refractivity contribution in [1.29, 1.82) is 0 Å². The summed E-state index contributed by atoms with van der Waals surface area (Å²) in [5, 5.41) is 0. The van der Waals surface area contributed by atoms with Crippen molar-refractivity contribution in [2.45, 2.75) is 13.8 Å². The van der Waals surface area contributed by atoms with E-state index in [1.54, 1.807) is 0 Å². The summed E-state index contributed by atoms with van der Waals surface area (Å²) in [6.07, 6.45) is 3.95. The SMILES string of the molecule is Cc1ncc(C)n2cccc12. The molecule has 0 saturated carbocycles. The van der Waals surface area contributed by atoms with Crippen LogP contribution in [-0.2, 0) is 0 Å². The molecule has 0 N–H and O–H groups in total. The summed E-state index contributed by atoms with van der Waals surface area (Å²) < 4.78 is 2.14. The van der Waals surface area contributed by atoms with Crippen LogP contribution in [0.25, 0.3) is 5.52 Å². The number of rotatable bonds is 0. The molecule has 0 radical (unpaired) electrons. The second kappa shape index (κ2) is 2.09. The third-order valence-corrected chi connectivity index (χ3v) is 1.94. The number of aryl methyl sites for hydroxylation is 2. The van der Waals surface area contributed by atoms with Gasteiger partial charge in [0.1, 0.15) is 0 Å². The molecule has 2 aromatic heterocycles. The van der Waals surface area contributed by atoms with Crippen molar-refractivity contribution in [2.24, 2.45) is 0 Å². The Bertz CT molecular complexity index is 351. The molecule has 0 aliphatic rings. The molecule has 0 aliphatic heterocycles. The van der Waals surface area contributed by atoms with E-state index in [4.69, 9.17) is 0 Å². The summed E-state index contributed by atoms with van der Waals surface area (Å²) in [7, 11) is 0. The van der Waals surface area contributed by atoms with E-state index in [0.29, 0.717) is 0 Å². The summed E-state index contributed by atoms with van der Waals surface area (Å²) in [6, 6.07) is 4.12. The molecule has 0 aromatic carbocycles. The van der Waals surface area contributed by atoms with E-state index in [1.807, 2.05) is 19.2 Å². The van der Waals surface area contributed by atoms with Crippen LogP contribution in [0.5, 0.6) is 0 Å². The van der Waals surface area contributed by atoms with Crippen molar-refractivity contribution in [3.05, 3.63) is 35.9 Å². The van der Waals surface area contributed by atoms with Crippen LogP contribution < -0.4 is 0 Å². The highest BCUT2D eigenvalue weighted by atomic mass is 14.9. The minimum Gasteiger partial charge on any atom is -0.318 e. The second-order valence-corrected chi connectivity index (χ2v) is 2.75. The zero-order valence-electron chi connectivity index (χ0n) is 6.70. The van der Waals surface area contributed by atoms with E-state index in [2.05, 4.69) is 28.6 Å². The molecule has 0 atom stereocenters. The van der Waals surface area contributed by atoms with Gasteiger partial charge in [-0.2, -0.15) is 0 Å². The lowest BCUT2D eigenvalue weighted by Crippen LogP contribution is -1.93. The summed E-state index contributed by atoms with van der Waals surface area (Å²) >= 11 is 0. The van der Waals surface area contributed by atoms with Gasteiger partial charge in [0.15, 0.2) is 0 Å². The van der Waals surface area contributed by atoms with Gasteiger partial charge in [-0.3, -0.25) is 4.98 Å². The Morgan fingerprint density at radius 3 is 2.91 bits per heavy atom. The minimum absolute atomic E-state index is 1.08. The molecule has 0 bridgehead atoms. The van der Waals surface area contributed by atoms with Crippen LogP contribution in [0.2, 0.25) is 0 Å². The first-order valence-electron chi connectivity index (χ1n) is 3.68. The molecule has 11 heavy (non-hydrogen) atoms. The van der Waals surface area contributed by atoms with Gasteiger partial charge < -0.3 is 4.40 Å². The van der Waals surface area contributed by atoms with Crippen LogP contribution in [0, 0.1) is 13.8 Å². The summed E-state index contributed by atoms with van der Waals surface area (Å²) in [4.78, 5) is 4.26. The summed E-state index contributed by atoms with van der Waals surface area (Å²) in [5.74, 6) is 0. The molecule has 56 valence electrons. The highest BCUT2D eigenvalue weighted by Crippen LogP contribution is 2.09. The molecule has 2 nitrogen and oxygen atoms in total. The summed E-state index contributed by atoms with van der Waals surface area (Å²) in [6.45, 7) is 4.08. The van der Waals surface area contributed by atoms with Gasteiger partial charge in [-0.05, 0) is 26.0 Å². The van der Waals surface area contributed by atoms with Gasteiger partial charge >= 0.3 is 0 Å². The van der Waals surface area contributed by atoms with E-state index < -0.39 is 0 Å². The molecule has 2 rings (SSSR count). The van der Waals surface area contributed by atoms with Crippen LogP contribution in [0.3, 0.4) is 0 Å². The Labute approximate surface area is 65.5 Å². The number of fused-ring (bicyclic) bond motifs is 1. The molecule has 2 heterocycles. The molecule has 0 aliphatic carbocycles. The van der Waals surface area contributed by atoms with Crippen molar-refractivity contribution in [2.75, 3.05) is 0 Å². The maximum absolute atomic E-state index is 4.26. The average molecular weight is 146 g/mol. The Morgan fingerprint density at radius 1 is 1.36 bits per heavy atom. The van der Waals surface area contributed by atoms with Crippen LogP contribution in [-0.4, -0.2) is 9.38 Å². The van der Waals surface area contributed by atoms with Gasteiger partial charge in [0.25, 0.3) is 0 Å². The quantitative estimate of drug-likeness (QED) is 0.555. The van der Waals surface area contributed by atoms with E-state index in [9.17, 15) is 0 Å². The zero-order valence-corrected chi connectivity index (χ0v) is 6.70. The number of hydrogen-bond donors (Lipinski definition) is 0. The maximum atomic E-state index is 4.26. The normalized spacial score (nSPS) is 10.7. The fourth-order valence-corrected chi connectivity index (χ4v) is 1.30. The van der Waals surface area contributed by atoms with Gasteiger partial charge in [-0.25, -0.2) is 0 Å². The van der Waals surface area contributed by atoms with Crippen molar-refractivity contribution >= 4 is 5.52 Å². The summed E-state index contributed by atoms with van der Waals surface area (Å²) in [5.41, 5.74) is 3.46. The lowest BCUT2D eigenvalue weighted by molar-refractivity contribution is 1.03. The number of aromatic nitrogens is 2. The molecule has 0 fully saturated rings. The first kappa shape index (κ1) is 6.40. The first-order chi connectivity index (χ1) is 5.29. The van der Waals surface area contributed by atoms with E-state index in [0.717, 1.165) is 5.69 Å². The zero-order chi connectivity index (χ0) is 7.84. The molecular formula is C9H10N2. The average Bonchev–Trinajstić information content (AvgIpc) is 2.45. The monoisotopic (exact) mass is 146 g/mol. The lowest BCUT2D eigenvalue weighted by atomic mass is 10.3. The van der Waals surface area contributed by atoms with E-state index >= 15 is 0 Å². The molecule has 0 spiro atoms. The largest absolute Gasteiger partial charge is 0.318 e. The van der Waals surface area contributed by atoms with Crippen LogP contribution in [0.1, 0.15) is 11.4 Å². The maximum Gasteiger partial charge on any atom is 0.0666 e. The Kier molecular flexibility index (Phi) is 1.22. The fourth-order valence-electron chi connectivity index (χ4n) is 1.30. The van der Waals surface area contributed by atoms with Gasteiger partial charge in [-0.15, -0.1) is 0 Å². The molecule has 0 saturated heterocycles.